The van der Waals surface area contributed by atoms with E-state index in [4.69, 9.17) is 14.2 Å². The zero-order valence-electron chi connectivity index (χ0n) is 16.6. The van der Waals surface area contributed by atoms with Gasteiger partial charge < -0.3 is 14.2 Å². The predicted molar refractivity (Wildman–Crippen MR) is 113 cm³/mol. The van der Waals surface area contributed by atoms with Gasteiger partial charge in [-0.3, -0.25) is 10.2 Å². The lowest BCUT2D eigenvalue weighted by Gasteiger charge is -2.19. The first kappa shape index (κ1) is 19.6. The van der Waals surface area contributed by atoms with Crippen LogP contribution in [-0.4, -0.2) is 41.5 Å². The highest BCUT2D eigenvalue weighted by atomic mass is 16.6. The molecule has 1 aliphatic heterocycles. The van der Waals surface area contributed by atoms with Crippen molar-refractivity contribution in [2.24, 2.45) is 5.10 Å². The number of hydrazone groups is 1. The molecule has 3 aromatic rings. The minimum absolute atomic E-state index is 0.216. The zero-order valence-corrected chi connectivity index (χ0v) is 16.6. The average Bonchev–Trinajstić information content (AvgIpc) is 2.79. The molecular weight excluding hydrogens is 384 g/mol. The van der Waals surface area contributed by atoms with Crippen LogP contribution in [0, 0.1) is 0 Å². The quantitative estimate of drug-likeness (QED) is 0.364. The van der Waals surface area contributed by atoms with Crippen molar-refractivity contribution in [3.05, 3.63) is 54.4 Å². The Hall–Kier alpha value is -3.68. The molecule has 0 unspecified atom stereocenters. The number of para-hydroxylation sites is 1. The number of carbonyl (C=O) groups excluding carboxylic acids is 1. The minimum atomic E-state index is -0.268. The van der Waals surface area contributed by atoms with Crippen LogP contribution in [0.1, 0.15) is 25.3 Å². The van der Waals surface area contributed by atoms with Gasteiger partial charge >= 0.3 is 5.97 Å². The Bertz CT molecular complexity index is 1080. The van der Waals surface area contributed by atoms with E-state index in [0.29, 0.717) is 49.3 Å². The SMILES string of the molecule is CCOC(=O)CC/C(=N/Nc1ncnc2ccccc12)c1ccc2c(c1)OCCO2. The molecule has 0 fully saturated rings. The van der Waals surface area contributed by atoms with E-state index < -0.39 is 0 Å². The standard InChI is InChI=1S/C22H22N4O4/c1-2-28-21(27)10-8-17(15-7-9-19-20(13-15)30-12-11-29-19)25-26-22-16-5-3-4-6-18(16)23-14-24-22/h3-7,9,13-14H,2,8,10-12H2,1H3,(H,23,24,26)/b25-17-. The molecule has 0 atom stereocenters. The van der Waals surface area contributed by atoms with Crippen molar-refractivity contribution in [2.75, 3.05) is 25.2 Å². The lowest BCUT2D eigenvalue weighted by molar-refractivity contribution is -0.142. The summed E-state index contributed by atoms with van der Waals surface area (Å²) in [6.07, 6.45) is 2.10. The Morgan fingerprint density at radius 1 is 1.10 bits per heavy atom. The average molecular weight is 406 g/mol. The van der Waals surface area contributed by atoms with Gasteiger partial charge in [-0.05, 0) is 37.3 Å². The van der Waals surface area contributed by atoms with Gasteiger partial charge in [0, 0.05) is 17.4 Å². The van der Waals surface area contributed by atoms with E-state index in [1.807, 2.05) is 42.5 Å². The highest BCUT2D eigenvalue weighted by Crippen LogP contribution is 2.31. The molecule has 8 heteroatoms. The number of nitrogens with zero attached hydrogens (tertiary/aromatic N) is 3. The lowest BCUT2D eigenvalue weighted by Crippen LogP contribution is -2.16. The molecule has 0 radical (unpaired) electrons. The molecule has 2 heterocycles. The van der Waals surface area contributed by atoms with Crippen molar-refractivity contribution in [3.8, 4) is 11.5 Å². The first-order chi connectivity index (χ1) is 14.7. The maximum Gasteiger partial charge on any atom is 0.306 e. The summed E-state index contributed by atoms with van der Waals surface area (Å²) in [6, 6.07) is 13.3. The Labute approximate surface area is 173 Å². The number of aromatic nitrogens is 2. The van der Waals surface area contributed by atoms with E-state index in [2.05, 4.69) is 20.5 Å². The van der Waals surface area contributed by atoms with E-state index in [1.54, 1.807) is 6.92 Å². The third-order valence-corrected chi connectivity index (χ3v) is 4.59. The van der Waals surface area contributed by atoms with Crippen LogP contribution in [0.4, 0.5) is 5.82 Å². The molecule has 30 heavy (non-hydrogen) atoms. The van der Waals surface area contributed by atoms with E-state index in [0.717, 1.165) is 16.5 Å². The highest BCUT2D eigenvalue weighted by molar-refractivity contribution is 6.03. The van der Waals surface area contributed by atoms with Crippen LogP contribution in [-0.2, 0) is 9.53 Å². The summed E-state index contributed by atoms with van der Waals surface area (Å²) in [7, 11) is 0. The fraction of sp³-hybridized carbons (Fsp3) is 0.273. The van der Waals surface area contributed by atoms with E-state index in [9.17, 15) is 4.79 Å². The third-order valence-electron chi connectivity index (χ3n) is 4.59. The summed E-state index contributed by atoms with van der Waals surface area (Å²) in [5, 5.41) is 5.42. The van der Waals surface area contributed by atoms with Gasteiger partial charge in [-0.1, -0.05) is 12.1 Å². The Kier molecular flexibility index (Phi) is 6.03. The molecule has 1 aromatic heterocycles. The number of rotatable bonds is 7. The zero-order chi connectivity index (χ0) is 20.8. The van der Waals surface area contributed by atoms with Crippen LogP contribution in [0.15, 0.2) is 53.9 Å². The van der Waals surface area contributed by atoms with Crippen molar-refractivity contribution in [1.29, 1.82) is 0 Å². The molecule has 8 nitrogen and oxygen atoms in total. The molecule has 0 bridgehead atoms. The number of anilines is 1. The monoisotopic (exact) mass is 406 g/mol. The van der Waals surface area contributed by atoms with Gasteiger partial charge in [-0.25, -0.2) is 9.97 Å². The van der Waals surface area contributed by atoms with Crippen LogP contribution in [0.3, 0.4) is 0 Å². The van der Waals surface area contributed by atoms with Crippen molar-refractivity contribution >= 4 is 28.4 Å². The molecule has 0 saturated heterocycles. The van der Waals surface area contributed by atoms with Crippen LogP contribution in [0.2, 0.25) is 0 Å². The van der Waals surface area contributed by atoms with E-state index in [-0.39, 0.29) is 12.4 Å². The molecule has 4 rings (SSSR count). The summed E-state index contributed by atoms with van der Waals surface area (Å²) in [5.74, 6) is 1.68. The van der Waals surface area contributed by atoms with Gasteiger partial charge in [0.05, 0.1) is 24.3 Å². The predicted octanol–water partition coefficient (Wildman–Crippen LogP) is 3.56. The van der Waals surface area contributed by atoms with Gasteiger partial charge in [0.15, 0.2) is 17.3 Å². The van der Waals surface area contributed by atoms with Gasteiger partial charge in [-0.15, -0.1) is 0 Å². The summed E-state index contributed by atoms with van der Waals surface area (Å²) in [4.78, 5) is 20.5. The largest absolute Gasteiger partial charge is 0.486 e. The second-order valence-electron chi connectivity index (χ2n) is 6.57. The smallest absolute Gasteiger partial charge is 0.306 e. The number of hydrogen-bond donors (Lipinski definition) is 1. The normalized spacial score (nSPS) is 13.2. The first-order valence-electron chi connectivity index (χ1n) is 9.82. The minimum Gasteiger partial charge on any atom is -0.486 e. The summed E-state index contributed by atoms with van der Waals surface area (Å²) < 4.78 is 16.3. The molecule has 0 amide bonds. The van der Waals surface area contributed by atoms with Gasteiger partial charge in [0.1, 0.15) is 19.5 Å². The summed E-state index contributed by atoms with van der Waals surface area (Å²) >= 11 is 0. The van der Waals surface area contributed by atoms with Gasteiger partial charge in [-0.2, -0.15) is 5.10 Å². The number of esters is 1. The van der Waals surface area contributed by atoms with Crippen LogP contribution < -0.4 is 14.9 Å². The van der Waals surface area contributed by atoms with E-state index >= 15 is 0 Å². The number of hydrogen-bond acceptors (Lipinski definition) is 8. The van der Waals surface area contributed by atoms with Gasteiger partial charge in [0.25, 0.3) is 0 Å². The van der Waals surface area contributed by atoms with Crippen molar-refractivity contribution in [3.63, 3.8) is 0 Å². The van der Waals surface area contributed by atoms with Crippen molar-refractivity contribution in [2.45, 2.75) is 19.8 Å². The van der Waals surface area contributed by atoms with E-state index in [1.165, 1.54) is 6.33 Å². The third kappa shape index (κ3) is 4.48. The molecule has 0 spiro atoms. The number of benzene rings is 2. The summed E-state index contributed by atoms with van der Waals surface area (Å²) in [6.45, 7) is 3.16. The number of nitrogens with one attached hydrogen (secondary N) is 1. The first-order valence-corrected chi connectivity index (χ1v) is 9.82. The fourth-order valence-electron chi connectivity index (χ4n) is 3.16. The molecule has 154 valence electrons. The second-order valence-corrected chi connectivity index (χ2v) is 6.57. The highest BCUT2D eigenvalue weighted by Gasteiger charge is 2.16. The second kappa shape index (κ2) is 9.21. The Morgan fingerprint density at radius 2 is 1.93 bits per heavy atom. The summed E-state index contributed by atoms with van der Waals surface area (Å²) in [5.41, 5.74) is 5.36. The molecule has 1 N–H and O–H groups in total. The van der Waals surface area contributed by atoms with Crippen molar-refractivity contribution < 1.29 is 19.0 Å². The number of carbonyl (C=O) groups is 1. The van der Waals surface area contributed by atoms with Crippen LogP contribution in [0.25, 0.3) is 10.9 Å². The lowest BCUT2D eigenvalue weighted by atomic mass is 10.0. The Balaban J connectivity index is 1.63. The number of fused-ring (bicyclic) bond motifs is 2. The number of ether oxygens (including phenoxy) is 3. The molecule has 0 aliphatic carbocycles. The van der Waals surface area contributed by atoms with Gasteiger partial charge in [0.2, 0.25) is 0 Å². The van der Waals surface area contributed by atoms with Crippen LogP contribution in [0.5, 0.6) is 11.5 Å². The molecule has 0 saturated carbocycles. The Morgan fingerprint density at radius 3 is 2.80 bits per heavy atom. The fourth-order valence-corrected chi connectivity index (χ4v) is 3.16. The van der Waals surface area contributed by atoms with Crippen molar-refractivity contribution in [1.82, 2.24) is 9.97 Å². The molecule has 2 aromatic carbocycles. The maximum atomic E-state index is 11.9. The topological polar surface area (TPSA) is 94.9 Å². The van der Waals surface area contributed by atoms with Crippen LogP contribution >= 0.6 is 0 Å². The molecular formula is C22H22N4O4. The molecule has 1 aliphatic rings. The maximum absolute atomic E-state index is 11.9.